The Kier molecular flexibility index (Phi) is 6.54. The minimum Gasteiger partial charge on any atom is -0.370 e. The van der Waals surface area contributed by atoms with Gasteiger partial charge >= 0.3 is 0 Å². The van der Waals surface area contributed by atoms with Gasteiger partial charge in [0.15, 0.2) is 0 Å². The summed E-state index contributed by atoms with van der Waals surface area (Å²) in [6.45, 7) is 5.31. The van der Waals surface area contributed by atoms with Crippen LogP contribution in [0, 0.1) is 6.92 Å². The van der Waals surface area contributed by atoms with Crippen molar-refractivity contribution in [2.24, 2.45) is 0 Å². The maximum absolute atomic E-state index is 12.3. The summed E-state index contributed by atoms with van der Waals surface area (Å²) in [6.07, 6.45) is 3.45. The quantitative estimate of drug-likeness (QED) is 0.734. The van der Waals surface area contributed by atoms with Crippen molar-refractivity contribution < 1.29 is 4.79 Å². The van der Waals surface area contributed by atoms with Gasteiger partial charge in [-0.15, -0.1) is 0 Å². The third-order valence-corrected chi connectivity index (χ3v) is 3.45. The van der Waals surface area contributed by atoms with Crippen molar-refractivity contribution in [1.29, 1.82) is 0 Å². The van der Waals surface area contributed by atoms with E-state index < -0.39 is 0 Å². The molecular weight excluding hydrogens is 288 g/mol. The number of aromatic nitrogens is 2. The smallest absolute Gasteiger partial charge is 0.270 e. The Balaban J connectivity index is 1.95. The van der Waals surface area contributed by atoms with Gasteiger partial charge in [0.1, 0.15) is 17.3 Å². The number of aryl methyl sites for hydroxylation is 1. The van der Waals surface area contributed by atoms with E-state index in [9.17, 15) is 4.79 Å². The van der Waals surface area contributed by atoms with Crippen LogP contribution in [0.15, 0.2) is 36.4 Å². The summed E-state index contributed by atoms with van der Waals surface area (Å²) < 4.78 is 0. The van der Waals surface area contributed by atoms with E-state index in [1.165, 1.54) is 12.8 Å². The number of amides is 1. The Hall–Kier alpha value is -2.43. The van der Waals surface area contributed by atoms with Crippen molar-refractivity contribution in [3.05, 3.63) is 53.5 Å². The number of rotatable bonds is 8. The molecule has 2 N–H and O–H groups in total. The van der Waals surface area contributed by atoms with Crippen LogP contribution < -0.4 is 10.6 Å². The SMILES string of the molecule is CCCCCNc1cc(C(=O)NCc2ccccc2)nc(C)n1. The van der Waals surface area contributed by atoms with Crippen molar-refractivity contribution >= 4 is 11.7 Å². The Morgan fingerprint density at radius 3 is 2.65 bits per heavy atom. The molecule has 0 aliphatic carbocycles. The minimum atomic E-state index is -0.184. The fourth-order valence-electron chi connectivity index (χ4n) is 2.23. The third kappa shape index (κ3) is 5.70. The lowest BCUT2D eigenvalue weighted by atomic mass is 10.2. The maximum atomic E-state index is 12.3. The molecule has 1 heterocycles. The summed E-state index contributed by atoms with van der Waals surface area (Å²) in [5.74, 6) is 1.12. The number of anilines is 1. The number of benzene rings is 1. The Bertz CT molecular complexity index is 628. The van der Waals surface area contributed by atoms with Gasteiger partial charge in [-0.2, -0.15) is 0 Å². The van der Waals surface area contributed by atoms with Crippen molar-refractivity contribution in [2.75, 3.05) is 11.9 Å². The molecule has 5 nitrogen and oxygen atoms in total. The highest BCUT2D eigenvalue weighted by Crippen LogP contribution is 2.08. The van der Waals surface area contributed by atoms with E-state index >= 15 is 0 Å². The van der Waals surface area contributed by atoms with Gasteiger partial charge in [-0.3, -0.25) is 4.79 Å². The minimum absolute atomic E-state index is 0.184. The van der Waals surface area contributed by atoms with Gasteiger partial charge in [0, 0.05) is 19.2 Å². The summed E-state index contributed by atoms with van der Waals surface area (Å²) >= 11 is 0. The number of unbranched alkanes of at least 4 members (excludes halogenated alkanes) is 2. The summed E-state index contributed by atoms with van der Waals surface area (Å²) in [5, 5.41) is 6.15. The molecule has 1 aromatic heterocycles. The number of carbonyl (C=O) groups is 1. The fraction of sp³-hybridized carbons (Fsp3) is 0.389. The summed E-state index contributed by atoms with van der Waals surface area (Å²) in [5.41, 5.74) is 1.45. The lowest BCUT2D eigenvalue weighted by Gasteiger charge is -2.09. The highest BCUT2D eigenvalue weighted by molar-refractivity contribution is 5.92. The van der Waals surface area contributed by atoms with Gasteiger partial charge < -0.3 is 10.6 Å². The maximum Gasteiger partial charge on any atom is 0.270 e. The molecule has 0 atom stereocenters. The van der Waals surface area contributed by atoms with Gasteiger partial charge in [-0.25, -0.2) is 9.97 Å². The Morgan fingerprint density at radius 1 is 1.13 bits per heavy atom. The first-order valence-corrected chi connectivity index (χ1v) is 8.10. The van der Waals surface area contributed by atoms with Crippen LogP contribution in [-0.2, 0) is 6.54 Å². The zero-order valence-corrected chi connectivity index (χ0v) is 13.8. The normalized spacial score (nSPS) is 10.3. The van der Waals surface area contributed by atoms with Crippen molar-refractivity contribution in [2.45, 2.75) is 39.7 Å². The molecule has 0 saturated carbocycles. The molecule has 0 fully saturated rings. The van der Waals surface area contributed by atoms with Gasteiger partial charge in [-0.05, 0) is 18.9 Å². The zero-order valence-electron chi connectivity index (χ0n) is 13.8. The summed E-state index contributed by atoms with van der Waals surface area (Å²) in [4.78, 5) is 20.8. The summed E-state index contributed by atoms with van der Waals surface area (Å²) in [6, 6.07) is 11.5. The van der Waals surface area contributed by atoms with Crippen molar-refractivity contribution in [3.63, 3.8) is 0 Å². The van der Waals surface area contributed by atoms with E-state index in [2.05, 4.69) is 27.5 Å². The molecule has 0 saturated heterocycles. The molecule has 1 amide bonds. The molecular formula is C18H24N4O. The lowest BCUT2D eigenvalue weighted by Crippen LogP contribution is -2.24. The van der Waals surface area contributed by atoms with Crippen LogP contribution in [0.4, 0.5) is 5.82 Å². The van der Waals surface area contributed by atoms with Crippen LogP contribution in [0.3, 0.4) is 0 Å². The van der Waals surface area contributed by atoms with Crippen LogP contribution in [0.5, 0.6) is 0 Å². The number of carbonyl (C=O) groups excluding carboxylic acids is 1. The first-order chi connectivity index (χ1) is 11.2. The Morgan fingerprint density at radius 2 is 1.91 bits per heavy atom. The molecule has 0 radical (unpaired) electrons. The predicted octanol–water partition coefficient (Wildman–Crippen LogP) is 3.32. The van der Waals surface area contributed by atoms with Gasteiger partial charge in [0.25, 0.3) is 5.91 Å². The van der Waals surface area contributed by atoms with Crippen LogP contribution >= 0.6 is 0 Å². The molecule has 0 aliphatic heterocycles. The number of nitrogens with one attached hydrogen (secondary N) is 2. The fourth-order valence-corrected chi connectivity index (χ4v) is 2.23. The average Bonchev–Trinajstić information content (AvgIpc) is 2.57. The highest BCUT2D eigenvalue weighted by Gasteiger charge is 2.10. The number of nitrogens with zero attached hydrogens (tertiary/aromatic N) is 2. The second kappa shape index (κ2) is 8.88. The second-order valence-corrected chi connectivity index (χ2v) is 5.49. The first kappa shape index (κ1) is 16.9. The lowest BCUT2D eigenvalue weighted by molar-refractivity contribution is 0.0945. The molecule has 0 aliphatic rings. The molecule has 5 heteroatoms. The molecule has 23 heavy (non-hydrogen) atoms. The van der Waals surface area contributed by atoms with E-state index in [-0.39, 0.29) is 5.91 Å². The van der Waals surface area contributed by atoms with E-state index in [0.29, 0.717) is 23.9 Å². The molecule has 2 rings (SSSR count). The molecule has 122 valence electrons. The second-order valence-electron chi connectivity index (χ2n) is 5.49. The number of hydrogen-bond acceptors (Lipinski definition) is 4. The van der Waals surface area contributed by atoms with E-state index in [1.54, 1.807) is 13.0 Å². The van der Waals surface area contributed by atoms with E-state index in [1.807, 2.05) is 30.3 Å². The van der Waals surface area contributed by atoms with Crippen LogP contribution in [0.25, 0.3) is 0 Å². The molecule has 0 unspecified atom stereocenters. The molecule has 0 bridgehead atoms. The van der Waals surface area contributed by atoms with Crippen LogP contribution in [-0.4, -0.2) is 22.4 Å². The van der Waals surface area contributed by atoms with Gasteiger partial charge in [-0.1, -0.05) is 50.1 Å². The molecule has 0 spiro atoms. The topological polar surface area (TPSA) is 66.9 Å². The largest absolute Gasteiger partial charge is 0.370 e. The monoisotopic (exact) mass is 312 g/mol. The first-order valence-electron chi connectivity index (χ1n) is 8.10. The standard InChI is InChI=1S/C18H24N4O/c1-3-4-8-11-19-17-12-16(21-14(2)22-17)18(23)20-13-15-9-6-5-7-10-15/h5-7,9-10,12H,3-4,8,11,13H2,1-2H3,(H,20,23)(H,19,21,22). The molecule has 2 aromatic rings. The third-order valence-electron chi connectivity index (χ3n) is 3.45. The predicted molar refractivity (Wildman–Crippen MR) is 92.4 cm³/mol. The van der Waals surface area contributed by atoms with Gasteiger partial charge in [0.2, 0.25) is 0 Å². The molecule has 1 aromatic carbocycles. The average molecular weight is 312 g/mol. The zero-order chi connectivity index (χ0) is 16.5. The van der Waals surface area contributed by atoms with E-state index in [4.69, 9.17) is 0 Å². The van der Waals surface area contributed by atoms with E-state index in [0.717, 1.165) is 18.5 Å². The van der Waals surface area contributed by atoms with Crippen molar-refractivity contribution in [1.82, 2.24) is 15.3 Å². The number of hydrogen-bond donors (Lipinski definition) is 2. The Labute approximate surface area is 137 Å². The summed E-state index contributed by atoms with van der Waals surface area (Å²) in [7, 11) is 0. The van der Waals surface area contributed by atoms with Crippen LogP contribution in [0.1, 0.15) is 48.1 Å². The van der Waals surface area contributed by atoms with Gasteiger partial charge in [0.05, 0.1) is 0 Å². The van der Waals surface area contributed by atoms with Crippen LogP contribution in [0.2, 0.25) is 0 Å². The highest BCUT2D eigenvalue weighted by atomic mass is 16.1. The van der Waals surface area contributed by atoms with Crippen molar-refractivity contribution in [3.8, 4) is 0 Å².